The quantitative estimate of drug-likeness (QED) is 0.773. The molecule has 0 aromatic heterocycles. The number of hydrogen-bond donors (Lipinski definition) is 2. The van der Waals surface area contributed by atoms with Gasteiger partial charge in [0.15, 0.2) is 0 Å². The molecule has 0 aromatic carbocycles. The Balaban J connectivity index is 3.05. The number of nitrogens with one attached hydrogen (secondary N) is 1. The molecule has 3 atom stereocenters. The summed E-state index contributed by atoms with van der Waals surface area (Å²) in [6.07, 6.45) is -6.30. The van der Waals surface area contributed by atoms with Crippen LogP contribution in [0.25, 0.3) is 0 Å². The van der Waals surface area contributed by atoms with Crippen molar-refractivity contribution < 1.29 is 36.2 Å². The molecule has 0 aromatic rings. The molecule has 1 rings (SSSR count). The molecule has 1 aliphatic rings. The lowest BCUT2D eigenvalue weighted by Gasteiger charge is -2.37. The fourth-order valence-electron chi connectivity index (χ4n) is 1.87. The van der Waals surface area contributed by atoms with Crippen LogP contribution in [-0.4, -0.2) is 60.8 Å². The van der Waals surface area contributed by atoms with Crippen molar-refractivity contribution in [3.63, 3.8) is 0 Å². The highest BCUT2D eigenvalue weighted by molar-refractivity contribution is 7.87. The van der Waals surface area contributed by atoms with Crippen LogP contribution in [0.15, 0.2) is 0 Å². The molecule has 0 radical (unpaired) electrons. The zero-order chi connectivity index (χ0) is 16.6. The van der Waals surface area contributed by atoms with E-state index in [0.717, 1.165) is 4.31 Å². The minimum Gasteiger partial charge on any atom is -0.480 e. The Morgan fingerprint density at radius 3 is 2.05 bits per heavy atom. The molecule has 1 saturated heterocycles. The van der Waals surface area contributed by atoms with Crippen LogP contribution in [0, 0.1) is 0 Å². The second-order valence-corrected chi connectivity index (χ2v) is 6.78. The first-order valence-electron chi connectivity index (χ1n) is 6.04. The normalized spacial score (nSPS) is 28.1. The molecule has 0 amide bonds. The smallest absolute Gasteiger partial charge is 0.418 e. The summed E-state index contributed by atoms with van der Waals surface area (Å²) < 4.78 is 69.9. The SMILES string of the molecule is CC1CN(S(=O)(=O)NC(C)(C(=O)O)C(F)(F)F)CC(C)O1. The van der Waals surface area contributed by atoms with Gasteiger partial charge < -0.3 is 9.84 Å². The van der Waals surface area contributed by atoms with Crippen molar-refractivity contribution >= 4 is 16.2 Å². The van der Waals surface area contributed by atoms with Gasteiger partial charge in [-0.25, -0.2) is 4.79 Å². The first-order valence-corrected chi connectivity index (χ1v) is 7.48. The minimum absolute atomic E-state index is 0.159. The van der Waals surface area contributed by atoms with Gasteiger partial charge in [0.2, 0.25) is 5.54 Å². The zero-order valence-corrected chi connectivity index (χ0v) is 12.5. The van der Waals surface area contributed by atoms with Gasteiger partial charge in [0.05, 0.1) is 12.2 Å². The van der Waals surface area contributed by atoms with Gasteiger partial charge in [0.25, 0.3) is 10.2 Å². The van der Waals surface area contributed by atoms with Crippen LogP contribution in [0.5, 0.6) is 0 Å². The number of carbonyl (C=O) groups is 1. The van der Waals surface area contributed by atoms with E-state index in [1.54, 1.807) is 13.8 Å². The maximum Gasteiger partial charge on any atom is 0.418 e. The van der Waals surface area contributed by atoms with E-state index in [-0.39, 0.29) is 20.0 Å². The van der Waals surface area contributed by atoms with E-state index < -0.39 is 40.1 Å². The third-order valence-corrected chi connectivity index (χ3v) is 4.70. The first-order chi connectivity index (χ1) is 9.29. The Kier molecular flexibility index (Phi) is 4.93. The van der Waals surface area contributed by atoms with Crippen LogP contribution in [0.4, 0.5) is 13.2 Å². The Morgan fingerprint density at radius 1 is 1.29 bits per heavy atom. The number of carboxylic acid groups (broad SMARTS) is 1. The maximum atomic E-state index is 12.9. The van der Waals surface area contributed by atoms with Crippen LogP contribution in [0.3, 0.4) is 0 Å². The number of hydrogen-bond acceptors (Lipinski definition) is 4. The third kappa shape index (κ3) is 3.84. The van der Waals surface area contributed by atoms with E-state index in [9.17, 15) is 26.4 Å². The minimum atomic E-state index is -5.28. The number of alkyl halides is 3. The van der Waals surface area contributed by atoms with E-state index in [1.807, 2.05) is 0 Å². The molecule has 2 N–H and O–H groups in total. The first kappa shape index (κ1) is 18.1. The molecular weight excluding hydrogens is 317 g/mol. The molecule has 0 bridgehead atoms. The van der Waals surface area contributed by atoms with Gasteiger partial charge in [-0.3, -0.25) is 0 Å². The Bertz CT molecular complexity index is 499. The fourth-order valence-corrected chi connectivity index (χ4v) is 3.53. The lowest BCUT2D eigenvalue weighted by Crippen LogP contribution is -2.65. The van der Waals surface area contributed by atoms with E-state index in [4.69, 9.17) is 9.84 Å². The third-order valence-electron chi connectivity index (χ3n) is 3.05. The zero-order valence-electron chi connectivity index (χ0n) is 11.6. The highest BCUT2D eigenvalue weighted by Gasteiger charge is 2.60. The van der Waals surface area contributed by atoms with E-state index in [2.05, 4.69) is 0 Å². The lowest BCUT2D eigenvalue weighted by atomic mass is 10.0. The van der Waals surface area contributed by atoms with Gasteiger partial charge in [0, 0.05) is 13.1 Å². The molecule has 124 valence electrons. The monoisotopic (exact) mass is 334 g/mol. The van der Waals surface area contributed by atoms with Crippen molar-refractivity contribution in [1.29, 1.82) is 0 Å². The number of ether oxygens (including phenoxy) is 1. The standard InChI is InChI=1S/C10H17F3N2O5S/c1-6-4-15(5-7(2)20-6)21(18,19)14-9(3,8(16)17)10(11,12)13/h6-7,14H,4-5H2,1-3H3,(H,16,17). The predicted molar refractivity (Wildman–Crippen MR) is 65.7 cm³/mol. The average Bonchev–Trinajstić information content (AvgIpc) is 2.25. The topological polar surface area (TPSA) is 95.9 Å². The molecular formula is C10H17F3N2O5S. The highest BCUT2D eigenvalue weighted by Crippen LogP contribution is 2.31. The molecule has 0 aliphatic carbocycles. The van der Waals surface area contributed by atoms with E-state index in [1.165, 1.54) is 4.72 Å². The molecule has 7 nitrogen and oxygen atoms in total. The summed E-state index contributed by atoms with van der Waals surface area (Å²) in [7, 11) is -4.63. The number of aliphatic carboxylic acids is 1. The molecule has 3 unspecified atom stereocenters. The second-order valence-electron chi connectivity index (χ2n) is 5.11. The van der Waals surface area contributed by atoms with Crippen LogP contribution in [0.2, 0.25) is 0 Å². The van der Waals surface area contributed by atoms with Crippen LogP contribution in [-0.2, 0) is 19.7 Å². The highest BCUT2D eigenvalue weighted by atomic mass is 32.2. The summed E-state index contributed by atoms with van der Waals surface area (Å²) in [6.45, 7) is 3.08. The second kappa shape index (κ2) is 5.71. The number of carboxylic acids is 1. The molecule has 1 heterocycles. The van der Waals surface area contributed by atoms with Crippen LogP contribution < -0.4 is 4.72 Å². The number of nitrogens with zero attached hydrogens (tertiary/aromatic N) is 1. The Morgan fingerprint density at radius 2 is 1.71 bits per heavy atom. The van der Waals surface area contributed by atoms with Crippen molar-refractivity contribution in [2.24, 2.45) is 0 Å². The van der Waals surface area contributed by atoms with Gasteiger partial charge in [-0.05, 0) is 20.8 Å². The number of morpholine rings is 1. The van der Waals surface area contributed by atoms with Crippen LogP contribution >= 0.6 is 0 Å². The summed E-state index contributed by atoms with van der Waals surface area (Å²) in [5, 5.41) is 8.74. The van der Waals surface area contributed by atoms with Crippen molar-refractivity contribution in [3.8, 4) is 0 Å². The largest absolute Gasteiger partial charge is 0.480 e. The maximum absolute atomic E-state index is 12.9. The van der Waals surface area contributed by atoms with E-state index in [0.29, 0.717) is 0 Å². The van der Waals surface area contributed by atoms with Gasteiger partial charge >= 0.3 is 12.1 Å². The molecule has 21 heavy (non-hydrogen) atoms. The van der Waals surface area contributed by atoms with Gasteiger partial charge in [-0.1, -0.05) is 0 Å². The number of halogens is 3. The van der Waals surface area contributed by atoms with Gasteiger partial charge in [0.1, 0.15) is 0 Å². The fraction of sp³-hybridized carbons (Fsp3) is 0.900. The van der Waals surface area contributed by atoms with Crippen molar-refractivity contribution in [3.05, 3.63) is 0 Å². The average molecular weight is 334 g/mol. The lowest BCUT2D eigenvalue weighted by molar-refractivity contribution is -0.201. The van der Waals surface area contributed by atoms with Gasteiger partial charge in [-0.15, -0.1) is 0 Å². The summed E-state index contributed by atoms with van der Waals surface area (Å²) in [5.41, 5.74) is -3.60. The molecule has 0 saturated carbocycles. The Labute approximate surface area is 120 Å². The summed E-state index contributed by atoms with van der Waals surface area (Å²) in [6, 6.07) is 0. The molecule has 0 spiro atoms. The summed E-state index contributed by atoms with van der Waals surface area (Å²) in [5.74, 6) is -2.33. The summed E-state index contributed by atoms with van der Waals surface area (Å²) >= 11 is 0. The van der Waals surface area contributed by atoms with Gasteiger partial charge in [-0.2, -0.15) is 30.6 Å². The summed E-state index contributed by atoms with van der Waals surface area (Å²) in [4.78, 5) is 10.9. The van der Waals surface area contributed by atoms with Crippen molar-refractivity contribution in [2.75, 3.05) is 13.1 Å². The number of rotatable bonds is 4. The predicted octanol–water partition coefficient (Wildman–Crippen LogP) is 0.336. The Hall–Kier alpha value is -0.910. The van der Waals surface area contributed by atoms with E-state index >= 15 is 0 Å². The van der Waals surface area contributed by atoms with Crippen molar-refractivity contribution in [1.82, 2.24) is 9.03 Å². The molecule has 1 aliphatic heterocycles. The van der Waals surface area contributed by atoms with Crippen LogP contribution in [0.1, 0.15) is 20.8 Å². The van der Waals surface area contributed by atoms with Crippen molar-refractivity contribution in [2.45, 2.75) is 44.7 Å². The molecule has 11 heteroatoms. The molecule has 1 fully saturated rings.